The Balaban J connectivity index is 2.78. The summed E-state index contributed by atoms with van der Waals surface area (Å²) >= 11 is 4.30. The van der Waals surface area contributed by atoms with Crippen LogP contribution in [0.3, 0.4) is 0 Å². The lowest BCUT2D eigenvalue weighted by atomic mass is 9.90. The number of halogens is 4. The minimum Gasteiger partial charge on any atom is -0.458 e. The van der Waals surface area contributed by atoms with Gasteiger partial charge in [0.2, 0.25) is 0 Å². The van der Waals surface area contributed by atoms with E-state index in [4.69, 9.17) is 9.47 Å². The molecule has 0 fully saturated rings. The molecule has 194 valence electrons. The number of benzene rings is 1. The molecule has 6 nitrogen and oxygen atoms in total. The van der Waals surface area contributed by atoms with E-state index in [1.165, 1.54) is 24.3 Å². The number of aliphatic hydroxyl groups is 1. The third-order valence-electron chi connectivity index (χ3n) is 4.33. The lowest BCUT2D eigenvalue weighted by molar-refractivity contribution is -0.267. The van der Waals surface area contributed by atoms with Crippen molar-refractivity contribution in [2.45, 2.75) is 83.4 Å². The van der Waals surface area contributed by atoms with Crippen LogP contribution in [0.25, 0.3) is 0 Å². The minimum atomic E-state index is -4.86. The number of alkyl carbamates (subject to hydrolysis) is 1. The predicted molar refractivity (Wildman–Crippen MR) is 130 cm³/mol. The number of ether oxygens (including phenoxy) is 2. The van der Waals surface area contributed by atoms with Crippen molar-refractivity contribution < 1.29 is 37.3 Å². The Morgan fingerprint density at radius 1 is 1.00 bits per heavy atom. The summed E-state index contributed by atoms with van der Waals surface area (Å²) < 4.78 is 52.2. The maximum Gasteiger partial charge on any atom is 0.421 e. The zero-order valence-electron chi connectivity index (χ0n) is 20.2. The third-order valence-corrected chi connectivity index (χ3v) is 5.88. The molecular formula is C23H33BrF3NO5S. The Bertz CT molecular complexity index is 822. The monoisotopic (exact) mass is 571 g/mol. The van der Waals surface area contributed by atoms with Crippen LogP contribution in [-0.4, -0.2) is 52.1 Å². The SMILES string of the molecule is CC(C)(C)OC(=O)N[C@@H](CCSCCC(O)(c1ccc(Br)cc1)C(F)(F)F)C(=O)OC(C)(C)C. The van der Waals surface area contributed by atoms with Crippen molar-refractivity contribution in [2.24, 2.45) is 0 Å². The van der Waals surface area contributed by atoms with Crippen LogP contribution in [0.4, 0.5) is 18.0 Å². The quantitative estimate of drug-likeness (QED) is 0.281. The fourth-order valence-corrected chi connectivity index (χ4v) is 4.08. The number of alkyl halides is 3. The van der Waals surface area contributed by atoms with Gasteiger partial charge in [0.1, 0.15) is 17.2 Å². The molecule has 11 heteroatoms. The van der Waals surface area contributed by atoms with Gasteiger partial charge in [-0.2, -0.15) is 24.9 Å². The van der Waals surface area contributed by atoms with E-state index in [2.05, 4.69) is 21.2 Å². The Kier molecular flexibility index (Phi) is 10.8. The summed E-state index contributed by atoms with van der Waals surface area (Å²) in [4.78, 5) is 24.7. The smallest absolute Gasteiger partial charge is 0.421 e. The third kappa shape index (κ3) is 10.4. The van der Waals surface area contributed by atoms with E-state index in [-0.39, 0.29) is 23.5 Å². The highest BCUT2D eigenvalue weighted by Crippen LogP contribution is 2.42. The van der Waals surface area contributed by atoms with Gasteiger partial charge in [-0.1, -0.05) is 28.1 Å². The zero-order chi connectivity index (χ0) is 26.4. The number of hydrogen-bond acceptors (Lipinski definition) is 6. The molecule has 0 aliphatic heterocycles. The number of hydrogen-bond donors (Lipinski definition) is 2. The number of esters is 1. The molecule has 1 aromatic carbocycles. The maximum atomic E-state index is 13.7. The highest BCUT2D eigenvalue weighted by Gasteiger charge is 2.54. The van der Waals surface area contributed by atoms with Crippen molar-refractivity contribution in [2.75, 3.05) is 11.5 Å². The summed E-state index contributed by atoms with van der Waals surface area (Å²) in [5, 5.41) is 12.9. The average Bonchev–Trinajstić information content (AvgIpc) is 2.63. The van der Waals surface area contributed by atoms with E-state index in [1.807, 2.05) is 0 Å². The van der Waals surface area contributed by atoms with Gasteiger partial charge in [0.05, 0.1) is 0 Å². The van der Waals surface area contributed by atoms with E-state index >= 15 is 0 Å². The summed E-state index contributed by atoms with van der Waals surface area (Å²) in [5.41, 5.74) is -4.81. The molecule has 0 radical (unpaired) electrons. The highest BCUT2D eigenvalue weighted by molar-refractivity contribution is 9.10. The largest absolute Gasteiger partial charge is 0.458 e. The highest BCUT2D eigenvalue weighted by atomic mass is 79.9. The van der Waals surface area contributed by atoms with E-state index in [9.17, 15) is 27.9 Å². The molecule has 0 spiro atoms. The molecule has 0 saturated carbocycles. The first-order chi connectivity index (χ1) is 15.3. The molecule has 1 unspecified atom stereocenters. The minimum absolute atomic E-state index is 0.0282. The Labute approximate surface area is 211 Å². The van der Waals surface area contributed by atoms with Crippen molar-refractivity contribution in [1.29, 1.82) is 0 Å². The normalized spacial score (nSPS) is 15.3. The van der Waals surface area contributed by atoms with Gasteiger partial charge in [-0.05, 0) is 83.6 Å². The van der Waals surface area contributed by atoms with Crippen molar-refractivity contribution in [3.05, 3.63) is 34.3 Å². The van der Waals surface area contributed by atoms with Crippen molar-refractivity contribution in [1.82, 2.24) is 5.32 Å². The van der Waals surface area contributed by atoms with Gasteiger partial charge in [-0.15, -0.1) is 0 Å². The van der Waals surface area contributed by atoms with Gasteiger partial charge < -0.3 is 19.9 Å². The number of thioether (sulfide) groups is 1. The number of carbonyl (C=O) groups is 2. The van der Waals surface area contributed by atoms with Crippen LogP contribution in [0.1, 0.15) is 59.9 Å². The molecule has 2 atom stereocenters. The lowest BCUT2D eigenvalue weighted by Crippen LogP contribution is -2.46. The molecule has 0 bridgehead atoms. The predicted octanol–water partition coefficient (Wildman–Crippen LogP) is 5.95. The molecule has 0 aromatic heterocycles. The van der Waals surface area contributed by atoms with E-state index in [0.717, 1.165) is 11.8 Å². The Hall–Kier alpha value is -1.46. The Morgan fingerprint density at radius 2 is 1.53 bits per heavy atom. The number of nitrogens with one attached hydrogen (secondary N) is 1. The van der Waals surface area contributed by atoms with E-state index in [0.29, 0.717) is 4.47 Å². The van der Waals surface area contributed by atoms with Crippen LogP contribution in [0.5, 0.6) is 0 Å². The molecule has 2 N–H and O–H groups in total. The molecule has 0 aliphatic rings. The first-order valence-electron chi connectivity index (χ1n) is 10.7. The molecule has 1 amide bonds. The number of carbonyl (C=O) groups excluding carboxylic acids is 2. The number of rotatable bonds is 9. The molecule has 0 saturated heterocycles. The summed E-state index contributed by atoms with van der Waals surface area (Å²) in [5.74, 6) is -0.450. The summed E-state index contributed by atoms with van der Waals surface area (Å²) in [6, 6.07) is 4.30. The zero-order valence-corrected chi connectivity index (χ0v) is 22.6. The van der Waals surface area contributed by atoms with Crippen molar-refractivity contribution in [3.63, 3.8) is 0 Å². The van der Waals surface area contributed by atoms with Gasteiger partial charge in [-0.3, -0.25) is 0 Å². The first kappa shape index (κ1) is 30.6. The van der Waals surface area contributed by atoms with Gasteiger partial charge >= 0.3 is 18.2 Å². The second-order valence-corrected chi connectivity index (χ2v) is 11.9. The number of amides is 1. The van der Waals surface area contributed by atoms with Gasteiger partial charge in [0.25, 0.3) is 0 Å². The lowest BCUT2D eigenvalue weighted by Gasteiger charge is -2.31. The first-order valence-corrected chi connectivity index (χ1v) is 12.6. The van der Waals surface area contributed by atoms with Crippen LogP contribution in [0, 0.1) is 0 Å². The standard InChI is InChI=1S/C23H33BrF3NO5S/c1-20(2,3)32-18(29)17(28-19(30)33-21(4,5)6)11-13-34-14-12-22(31,23(25,26)27)15-7-9-16(24)10-8-15/h7-10,17,31H,11-14H2,1-6H3,(H,28,30)/t17-,22?/m0/s1. The van der Waals surface area contributed by atoms with Crippen LogP contribution < -0.4 is 5.32 Å². The molecule has 0 aliphatic carbocycles. The second-order valence-electron chi connectivity index (χ2n) is 9.75. The van der Waals surface area contributed by atoms with Gasteiger partial charge in [-0.25, -0.2) is 9.59 Å². The summed E-state index contributed by atoms with van der Waals surface area (Å²) in [7, 11) is 0. The fraction of sp³-hybridized carbons (Fsp3) is 0.652. The Morgan fingerprint density at radius 3 is 2.00 bits per heavy atom. The fourth-order valence-electron chi connectivity index (χ4n) is 2.77. The van der Waals surface area contributed by atoms with Crippen LogP contribution in [0.15, 0.2) is 28.7 Å². The van der Waals surface area contributed by atoms with Crippen LogP contribution in [-0.2, 0) is 19.9 Å². The topological polar surface area (TPSA) is 84.9 Å². The van der Waals surface area contributed by atoms with Crippen molar-refractivity contribution >= 4 is 39.8 Å². The summed E-state index contributed by atoms with van der Waals surface area (Å²) in [6.07, 6.45) is -6.12. The van der Waals surface area contributed by atoms with Gasteiger partial charge in [0, 0.05) is 4.47 Å². The molecule has 1 rings (SSSR count). The van der Waals surface area contributed by atoms with Crippen LogP contribution in [0.2, 0.25) is 0 Å². The van der Waals surface area contributed by atoms with E-state index < -0.39 is 47.5 Å². The van der Waals surface area contributed by atoms with Crippen molar-refractivity contribution in [3.8, 4) is 0 Å². The molecule has 34 heavy (non-hydrogen) atoms. The second kappa shape index (κ2) is 12.0. The summed E-state index contributed by atoms with van der Waals surface area (Å²) in [6.45, 7) is 10.1. The average molecular weight is 572 g/mol. The molecular weight excluding hydrogens is 539 g/mol. The maximum absolute atomic E-state index is 13.7. The molecule has 1 aromatic rings. The molecule has 0 heterocycles. The van der Waals surface area contributed by atoms with E-state index in [1.54, 1.807) is 41.5 Å². The van der Waals surface area contributed by atoms with Crippen LogP contribution >= 0.6 is 27.7 Å². The van der Waals surface area contributed by atoms with Gasteiger partial charge in [0.15, 0.2) is 5.60 Å².